The number of carbonyl (C=O) groups is 3. The quantitative estimate of drug-likeness (QED) is 0.261. The van der Waals surface area contributed by atoms with E-state index in [9.17, 15) is 19.5 Å². The van der Waals surface area contributed by atoms with Crippen LogP contribution >= 0.6 is 38.3 Å². The molecule has 45 heavy (non-hydrogen) atoms. The smallest absolute Gasteiger partial charge is 0.319 e. The fourth-order valence-electron chi connectivity index (χ4n) is 6.14. The number of piperazine rings is 1. The molecule has 236 valence electrons. The van der Waals surface area contributed by atoms with Gasteiger partial charge >= 0.3 is 6.03 Å². The van der Waals surface area contributed by atoms with Crippen LogP contribution < -0.4 is 5.32 Å². The number of urea groups is 1. The maximum Gasteiger partial charge on any atom is 0.319 e. The number of nitrogens with one attached hydrogen (secondary N) is 1. The summed E-state index contributed by atoms with van der Waals surface area (Å²) in [7, 11) is 0. The normalized spacial score (nSPS) is 19.4. The topological polar surface area (TPSA) is 106 Å². The highest BCUT2D eigenvalue weighted by atomic mass is 32.1. The van der Waals surface area contributed by atoms with E-state index in [4.69, 9.17) is 0 Å². The van der Waals surface area contributed by atoms with Gasteiger partial charge < -0.3 is 20.2 Å². The molecular weight excluding hydrogens is 627 g/mol. The number of nitrogens with zero attached hydrogens (tertiary/aromatic N) is 4. The van der Waals surface area contributed by atoms with E-state index in [-0.39, 0.29) is 70.0 Å². The summed E-state index contributed by atoms with van der Waals surface area (Å²) in [6, 6.07) is 20.7. The first-order chi connectivity index (χ1) is 20.9. The molecule has 6 rings (SSSR count). The number of phenolic OH excluding ortho intramolecular Hbond substituents is 1. The molecule has 4 amide bonds. The highest BCUT2D eigenvalue weighted by Gasteiger charge is 2.51. The zero-order valence-electron chi connectivity index (χ0n) is 24.6. The molecule has 0 aliphatic carbocycles. The number of carbonyl (C=O) groups excluding carboxylic acids is 3. The Hall–Kier alpha value is -4.00. The third-order valence-electron chi connectivity index (χ3n) is 8.18. The summed E-state index contributed by atoms with van der Waals surface area (Å²) < 4.78 is 1.03. The summed E-state index contributed by atoms with van der Waals surface area (Å²) in [5, 5.41) is 12.9. The second kappa shape index (κ2) is 14.9. The third-order valence-corrected chi connectivity index (χ3v) is 8.97. The molecule has 12 heteroatoms. The Balaban J connectivity index is 0.00000230. The summed E-state index contributed by atoms with van der Waals surface area (Å²) >= 11 is 1.54. The van der Waals surface area contributed by atoms with Crippen molar-refractivity contribution >= 4 is 66.4 Å². The number of aromatic nitrogens is 1. The standard InChI is InChI=1S/C33H33N5O4S.2H2S/c1-2-7-25-17-30(40)38-27(16-22-12-14-26(39)15-13-22)32(41)36(19-24-10-6-11-28-31(24)35-21-43-28)20-29(38)37(25)33(42)34-18-23-8-4-3-5-9-23;;/h2-6,8-15,21,25,27,29,39H,1,7,16-20H2,(H,34,42);2*1H2/t25-,27+,29-;;/m1../s1. The van der Waals surface area contributed by atoms with Gasteiger partial charge in [0.1, 0.15) is 18.0 Å². The molecule has 3 heterocycles. The van der Waals surface area contributed by atoms with E-state index < -0.39 is 18.2 Å². The summed E-state index contributed by atoms with van der Waals surface area (Å²) in [6.07, 6.45) is 1.86. The largest absolute Gasteiger partial charge is 0.508 e. The van der Waals surface area contributed by atoms with Crippen molar-refractivity contribution in [3.05, 3.63) is 108 Å². The molecule has 0 saturated carbocycles. The SMILES string of the molecule is C=CC[C@@H]1CC(=O)N2[C@H](CN(Cc3cccc4scnc34)C(=O)[C@@H]2Cc2ccc(O)cc2)N1C(=O)NCc1ccccc1.S.S. The Morgan fingerprint density at radius 1 is 1.02 bits per heavy atom. The van der Waals surface area contributed by atoms with Crippen molar-refractivity contribution in [1.82, 2.24) is 25.0 Å². The van der Waals surface area contributed by atoms with Crippen molar-refractivity contribution in [3.8, 4) is 5.75 Å². The van der Waals surface area contributed by atoms with Crippen molar-refractivity contribution in [2.45, 2.75) is 50.6 Å². The highest BCUT2D eigenvalue weighted by molar-refractivity contribution is 7.59. The fourth-order valence-corrected chi connectivity index (χ4v) is 6.86. The molecule has 1 aromatic heterocycles. The molecule has 2 aliphatic heterocycles. The van der Waals surface area contributed by atoms with Crippen molar-refractivity contribution in [2.75, 3.05) is 6.54 Å². The lowest BCUT2D eigenvalue weighted by Crippen LogP contribution is -2.74. The Kier molecular flexibility index (Phi) is 11.2. The summed E-state index contributed by atoms with van der Waals surface area (Å²) in [4.78, 5) is 51.5. The molecule has 3 aromatic carbocycles. The average molecular weight is 664 g/mol. The number of benzene rings is 3. The van der Waals surface area contributed by atoms with Crippen molar-refractivity contribution in [1.29, 1.82) is 0 Å². The van der Waals surface area contributed by atoms with Crippen LogP contribution in [0.3, 0.4) is 0 Å². The molecule has 3 atom stereocenters. The van der Waals surface area contributed by atoms with Gasteiger partial charge in [0.15, 0.2) is 0 Å². The molecular formula is C33H37N5O4S3. The van der Waals surface area contributed by atoms with Crippen molar-refractivity contribution in [3.63, 3.8) is 0 Å². The van der Waals surface area contributed by atoms with Crippen molar-refractivity contribution < 1.29 is 19.5 Å². The minimum Gasteiger partial charge on any atom is -0.508 e. The Morgan fingerprint density at radius 3 is 2.51 bits per heavy atom. The predicted molar refractivity (Wildman–Crippen MR) is 186 cm³/mol. The van der Waals surface area contributed by atoms with Crippen LogP contribution in [0.15, 0.2) is 91.0 Å². The molecule has 2 aliphatic rings. The van der Waals surface area contributed by atoms with E-state index in [1.807, 2.05) is 48.5 Å². The fraction of sp³-hybridized carbons (Fsp3) is 0.273. The number of rotatable bonds is 8. The van der Waals surface area contributed by atoms with Gasteiger partial charge in [-0.3, -0.25) is 14.5 Å². The predicted octanol–water partition coefficient (Wildman–Crippen LogP) is 4.90. The Morgan fingerprint density at radius 2 is 1.78 bits per heavy atom. The lowest BCUT2D eigenvalue weighted by molar-refractivity contribution is -0.170. The summed E-state index contributed by atoms with van der Waals surface area (Å²) in [5.74, 6) is -0.226. The van der Waals surface area contributed by atoms with Crippen LogP contribution in [-0.4, -0.2) is 67.4 Å². The average Bonchev–Trinajstić information content (AvgIpc) is 3.50. The number of hydrogen-bond donors (Lipinski definition) is 2. The second-order valence-corrected chi connectivity index (χ2v) is 11.8. The van der Waals surface area contributed by atoms with E-state index in [0.717, 1.165) is 26.9 Å². The van der Waals surface area contributed by atoms with Gasteiger partial charge in [-0.2, -0.15) is 27.0 Å². The maximum absolute atomic E-state index is 14.2. The molecule has 4 aromatic rings. The van der Waals surface area contributed by atoms with E-state index in [1.165, 1.54) is 0 Å². The molecule has 0 bridgehead atoms. The first-order valence-corrected chi connectivity index (χ1v) is 15.2. The van der Waals surface area contributed by atoms with Crippen LogP contribution in [0.4, 0.5) is 4.79 Å². The lowest BCUT2D eigenvalue weighted by atomic mass is 9.94. The van der Waals surface area contributed by atoms with Gasteiger partial charge in [-0.05, 0) is 41.3 Å². The number of hydrogen-bond acceptors (Lipinski definition) is 6. The zero-order valence-corrected chi connectivity index (χ0v) is 27.5. The van der Waals surface area contributed by atoms with Crippen LogP contribution in [0.5, 0.6) is 5.75 Å². The lowest BCUT2D eigenvalue weighted by Gasteiger charge is -2.54. The van der Waals surface area contributed by atoms with E-state index in [2.05, 4.69) is 16.9 Å². The van der Waals surface area contributed by atoms with Gasteiger partial charge in [0.25, 0.3) is 0 Å². The molecule has 2 saturated heterocycles. The number of phenols is 1. The van der Waals surface area contributed by atoms with Crippen molar-refractivity contribution in [2.24, 2.45) is 0 Å². The minimum atomic E-state index is -0.820. The molecule has 9 nitrogen and oxygen atoms in total. The van der Waals surface area contributed by atoms with Crippen LogP contribution in [0.25, 0.3) is 10.2 Å². The second-order valence-electron chi connectivity index (χ2n) is 10.9. The molecule has 0 radical (unpaired) electrons. The monoisotopic (exact) mass is 663 g/mol. The van der Waals surface area contributed by atoms with E-state index in [0.29, 0.717) is 19.5 Å². The number of para-hydroxylation sites is 1. The number of aromatic hydroxyl groups is 1. The van der Waals surface area contributed by atoms with Crippen LogP contribution in [0.1, 0.15) is 29.5 Å². The van der Waals surface area contributed by atoms with Crippen LogP contribution in [0.2, 0.25) is 0 Å². The van der Waals surface area contributed by atoms with Gasteiger partial charge in [-0.15, -0.1) is 17.9 Å². The number of amides is 4. The van der Waals surface area contributed by atoms with Crippen LogP contribution in [-0.2, 0) is 29.1 Å². The van der Waals surface area contributed by atoms with E-state index >= 15 is 0 Å². The Labute approximate surface area is 280 Å². The van der Waals surface area contributed by atoms with E-state index in [1.54, 1.807) is 61.9 Å². The van der Waals surface area contributed by atoms with Crippen LogP contribution in [0, 0.1) is 0 Å². The van der Waals surface area contributed by atoms with Gasteiger partial charge in [-0.25, -0.2) is 9.78 Å². The summed E-state index contributed by atoms with van der Waals surface area (Å²) in [5.41, 5.74) is 5.32. The maximum atomic E-state index is 14.2. The minimum absolute atomic E-state index is 0. The zero-order chi connectivity index (χ0) is 29.9. The molecule has 0 spiro atoms. The number of thiazole rings is 1. The van der Waals surface area contributed by atoms with Gasteiger partial charge in [-0.1, -0.05) is 60.7 Å². The molecule has 2 N–H and O–H groups in total. The van der Waals surface area contributed by atoms with Gasteiger partial charge in [0.05, 0.1) is 22.3 Å². The first kappa shape index (κ1) is 33.9. The first-order valence-electron chi connectivity index (χ1n) is 14.3. The van der Waals surface area contributed by atoms with Gasteiger partial charge in [0, 0.05) is 32.0 Å². The third kappa shape index (κ3) is 7.13. The molecule has 0 unspecified atom stereocenters. The number of fused-ring (bicyclic) bond motifs is 2. The van der Waals surface area contributed by atoms with Gasteiger partial charge in [0.2, 0.25) is 11.8 Å². The Bertz CT molecular complexity index is 1650. The molecule has 2 fully saturated rings. The highest BCUT2D eigenvalue weighted by Crippen LogP contribution is 2.33. The summed E-state index contributed by atoms with van der Waals surface area (Å²) in [6.45, 7) is 4.69.